The van der Waals surface area contributed by atoms with Crippen molar-refractivity contribution >= 4 is 15.9 Å². The Bertz CT molecular complexity index is 403. The maximum absolute atomic E-state index is 13.3. The highest BCUT2D eigenvalue weighted by molar-refractivity contribution is 9.10. The summed E-state index contributed by atoms with van der Waals surface area (Å²) in [6.45, 7) is 1.47. The largest absolute Gasteiger partial charge is 0.395 e. The predicted molar refractivity (Wildman–Crippen MR) is 71.9 cm³/mol. The van der Waals surface area contributed by atoms with Crippen molar-refractivity contribution in [3.8, 4) is 0 Å². The van der Waals surface area contributed by atoms with Crippen LogP contribution in [0.25, 0.3) is 0 Å². The minimum absolute atomic E-state index is 0.128. The zero-order valence-electron chi connectivity index (χ0n) is 10.5. The van der Waals surface area contributed by atoms with Gasteiger partial charge in [0.05, 0.1) is 11.1 Å². The Morgan fingerprint density at radius 3 is 2.58 bits per heavy atom. The summed E-state index contributed by atoms with van der Waals surface area (Å²) in [6.07, 6.45) is -2.35. The molecule has 2 unspecified atom stereocenters. The van der Waals surface area contributed by atoms with Crippen molar-refractivity contribution in [2.75, 3.05) is 6.61 Å². The maximum atomic E-state index is 13.3. The van der Waals surface area contributed by atoms with E-state index in [0.29, 0.717) is 10.9 Å². The van der Waals surface area contributed by atoms with E-state index in [1.54, 1.807) is 12.1 Å². The Balaban J connectivity index is 2.53. The summed E-state index contributed by atoms with van der Waals surface area (Å²) in [5.41, 5.74) is 0.773. The van der Waals surface area contributed by atoms with Crippen LogP contribution in [-0.4, -0.2) is 30.2 Å². The highest BCUT2D eigenvalue weighted by Gasteiger charge is 2.16. The number of hydrogen-bond donors (Lipinski definition) is 2. The Morgan fingerprint density at radius 1 is 1.37 bits per heavy atom. The van der Waals surface area contributed by atoms with Crippen LogP contribution < -0.4 is 5.32 Å². The molecule has 0 aliphatic rings. The van der Waals surface area contributed by atoms with E-state index < -0.39 is 18.9 Å². The van der Waals surface area contributed by atoms with Gasteiger partial charge in [-0.3, -0.25) is 0 Å². The first kappa shape index (κ1) is 16.5. The van der Waals surface area contributed by atoms with Crippen molar-refractivity contribution < 1.29 is 18.3 Å². The van der Waals surface area contributed by atoms with E-state index in [1.165, 1.54) is 6.07 Å². The molecule has 0 bridgehead atoms. The minimum Gasteiger partial charge on any atom is -0.395 e. The van der Waals surface area contributed by atoms with Gasteiger partial charge in [0.25, 0.3) is 0 Å². The summed E-state index contributed by atoms with van der Waals surface area (Å²) in [7, 11) is 0. The number of rotatable bonds is 7. The van der Waals surface area contributed by atoms with Gasteiger partial charge in [-0.05, 0) is 47.0 Å². The third-order valence-corrected chi connectivity index (χ3v) is 3.37. The van der Waals surface area contributed by atoms with Crippen LogP contribution in [-0.2, 0) is 6.42 Å². The molecule has 2 nitrogen and oxygen atoms in total. The molecule has 0 aliphatic heterocycles. The second-order valence-corrected chi connectivity index (χ2v) is 5.38. The molecular weight excluding hydrogens is 323 g/mol. The fraction of sp³-hybridized carbons (Fsp3) is 0.538. The molecule has 19 heavy (non-hydrogen) atoms. The molecule has 2 N–H and O–H groups in total. The normalized spacial score (nSPS) is 14.7. The molecule has 0 saturated carbocycles. The monoisotopic (exact) mass is 339 g/mol. The molecule has 1 rings (SSSR count). The van der Waals surface area contributed by atoms with Gasteiger partial charge in [0.2, 0.25) is 6.43 Å². The lowest BCUT2D eigenvalue weighted by atomic mass is 10.1. The van der Waals surface area contributed by atoms with Crippen LogP contribution in [0.3, 0.4) is 0 Å². The molecule has 0 fully saturated rings. The quantitative estimate of drug-likeness (QED) is 0.799. The lowest BCUT2D eigenvalue weighted by Gasteiger charge is -2.21. The second kappa shape index (κ2) is 7.87. The summed E-state index contributed by atoms with van der Waals surface area (Å²) in [5.74, 6) is -0.351. The van der Waals surface area contributed by atoms with Gasteiger partial charge in [-0.2, -0.15) is 0 Å². The predicted octanol–water partition coefficient (Wildman–Crippen LogP) is 3.12. The summed E-state index contributed by atoms with van der Waals surface area (Å²) < 4.78 is 38.2. The van der Waals surface area contributed by atoms with Crippen molar-refractivity contribution in [1.29, 1.82) is 0 Å². The number of aliphatic hydroxyl groups excluding tert-OH is 1. The maximum Gasteiger partial charge on any atom is 0.240 e. The third-order valence-electron chi connectivity index (χ3n) is 2.73. The smallest absolute Gasteiger partial charge is 0.240 e. The number of benzene rings is 1. The van der Waals surface area contributed by atoms with Gasteiger partial charge in [0, 0.05) is 18.5 Å². The third kappa shape index (κ3) is 5.93. The SMILES string of the molecule is CC(Cc1ccc(Br)c(F)c1)NC(CO)CC(F)F. The minimum atomic E-state index is -2.46. The van der Waals surface area contributed by atoms with E-state index in [9.17, 15) is 13.2 Å². The molecule has 6 heteroatoms. The van der Waals surface area contributed by atoms with Gasteiger partial charge in [-0.15, -0.1) is 0 Å². The average Bonchev–Trinajstić information content (AvgIpc) is 2.32. The van der Waals surface area contributed by atoms with Crippen LogP contribution in [0.4, 0.5) is 13.2 Å². The molecule has 1 aromatic rings. The highest BCUT2D eigenvalue weighted by Crippen LogP contribution is 2.17. The number of halogens is 4. The molecule has 0 spiro atoms. The van der Waals surface area contributed by atoms with Crippen molar-refractivity contribution in [2.24, 2.45) is 0 Å². The first-order valence-corrected chi connectivity index (χ1v) is 6.80. The van der Waals surface area contributed by atoms with E-state index in [4.69, 9.17) is 5.11 Å². The average molecular weight is 340 g/mol. The highest BCUT2D eigenvalue weighted by atomic mass is 79.9. The van der Waals surface area contributed by atoms with Crippen molar-refractivity contribution in [1.82, 2.24) is 5.32 Å². The van der Waals surface area contributed by atoms with Crippen molar-refractivity contribution in [3.63, 3.8) is 0 Å². The molecule has 1 aromatic carbocycles. The van der Waals surface area contributed by atoms with Crippen LogP contribution in [0.2, 0.25) is 0 Å². The molecule has 0 saturated heterocycles. The van der Waals surface area contributed by atoms with Crippen LogP contribution in [0.15, 0.2) is 22.7 Å². The number of alkyl halides is 2. The van der Waals surface area contributed by atoms with Gasteiger partial charge in [0.1, 0.15) is 5.82 Å². The molecular formula is C13H17BrF3NO. The Kier molecular flexibility index (Phi) is 6.82. The van der Waals surface area contributed by atoms with Crippen LogP contribution >= 0.6 is 15.9 Å². The molecule has 108 valence electrons. The fourth-order valence-corrected chi connectivity index (χ4v) is 2.14. The molecule has 0 amide bonds. The number of aliphatic hydroxyl groups is 1. The lowest BCUT2D eigenvalue weighted by molar-refractivity contribution is 0.102. The van der Waals surface area contributed by atoms with Crippen LogP contribution in [0.1, 0.15) is 18.9 Å². The van der Waals surface area contributed by atoms with Crippen LogP contribution in [0, 0.1) is 5.82 Å². The summed E-state index contributed by atoms with van der Waals surface area (Å²) in [4.78, 5) is 0. The van der Waals surface area contributed by atoms with E-state index in [0.717, 1.165) is 5.56 Å². The standard InChI is InChI=1S/C13H17BrF3NO/c1-8(18-10(7-19)6-13(16)17)4-9-2-3-11(14)12(15)5-9/h2-3,5,8,10,13,18-19H,4,6-7H2,1H3. The Labute approximate surface area is 119 Å². The molecule has 0 heterocycles. The summed E-state index contributed by atoms with van der Waals surface area (Å²) >= 11 is 3.07. The Morgan fingerprint density at radius 2 is 2.05 bits per heavy atom. The van der Waals surface area contributed by atoms with Crippen LogP contribution in [0.5, 0.6) is 0 Å². The molecule has 2 atom stereocenters. The van der Waals surface area contributed by atoms with E-state index in [2.05, 4.69) is 21.2 Å². The van der Waals surface area contributed by atoms with Gasteiger partial charge in [-0.25, -0.2) is 13.2 Å². The zero-order chi connectivity index (χ0) is 14.4. The second-order valence-electron chi connectivity index (χ2n) is 4.53. The summed E-state index contributed by atoms with van der Waals surface area (Å²) in [5, 5.41) is 11.9. The fourth-order valence-electron chi connectivity index (χ4n) is 1.89. The lowest BCUT2D eigenvalue weighted by Crippen LogP contribution is -2.41. The molecule has 0 radical (unpaired) electrons. The van der Waals surface area contributed by atoms with Gasteiger partial charge >= 0.3 is 0 Å². The van der Waals surface area contributed by atoms with E-state index >= 15 is 0 Å². The van der Waals surface area contributed by atoms with Gasteiger partial charge in [0.15, 0.2) is 0 Å². The summed E-state index contributed by atoms with van der Waals surface area (Å²) in [6, 6.07) is 4.02. The molecule has 0 aliphatic carbocycles. The first-order valence-electron chi connectivity index (χ1n) is 6.01. The number of nitrogens with one attached hydrogen (secondary N) is 1. The van der Waals surface area contributed by atoms with Crippen molar-refractivity contribution in [3.05, 3.63) is 34.1 Å². The van der Waals surface area contributed by atoms with Gasteiger partial charge in [-0.1, -0.05) is 6.07 Å². The van der Waals surface area contributed by atoms with E-state index in [1.807, 2.05) is 6.92 Å². The molecule has 0 aromatic heterocycles. The van der Waals surface area contributed by atoms with E-state index in [-0.39, 0.29) is 18.5 Å². The van der Waals surface area contributed by atoms with Crippen molar-refractivity contribution in [2.45, 2.75) is 38.3 Å². The number of hydrogen-bond acceptors (Lipinski definition) is 2. The first-order chi connectivity index (χ1) is 8.92. The van der Waals surface area contributed by atoms with Gasteiger partial charge < -0.3 is 10.4 Å². The zero-order valence-corrected chi connectivity index (χ0v) is 12.1. The Hall–Kier alpha value is -0.590. The topological polar surface area (TPSA) is 32.3 Å².